The van der Waals surface area contributed by atoms with E-state index >= 15 is 0 Å². The number of phenols is 2. The molecule has 0 aliphatic rings. The summed E-state index contributed by atoms with van der Waals surface area (Å²) in [5.41, 5.74) is 1.21. The first-order valence-electron chi connectivity index (χ1n) is 8.61. The molecule has 0 saturated carbocycles. The number of hydrogen-bond donors (Lipinski definition) is 6. The fourth-order valence-electron chi connectivity index (χ4n) is 2.67. The van der Waals surface area contributed by atoms with Crippen LogP contribution in [-0.2, 0) is 0 Å². The first-order chi connectivity index (χ1) is 13.5. The van der Waals surface area contributed by atoms with E-state index in [1.165, 1.54) is 12.1 Å². The van der Waals surface area contributed by atoms with Crippen LogP contribution in [0.3, 0.4) is 0 Å². The second kappa shape index (κ2) is 8.71. The fraction of sp³-hybridized carbons (Fsp3) is 0.222. The Hall–Kier alpha value is -3.82. The molecule has 0 spiro atoms. The maximum absolute atomic E-state index is 10.6. The van der Waals surface area contributed by atoms with Gasteiger partial charge in [-0.25, -0.2) is 9.78 Å². The van der Waals surface area contributed by atoms with Crippen LogP contribution in [0.5, 0.6) is 11.5 Å². The highest BCUT2D eigenvalue weighted by atomic mass is 16.4. The van der Waals surface area contributed by atoms with E-state index in [0.29, 0.717) is 30.2 Å². The molecule has 1 unspecified atom stereocenters. The summed E-state index contributed by atoms with van der Waals surface area (Å²) in [6.45, 7) is 0.278. The average Bonchev–Trinajstić information content (AvgIpc) is 3.16. The molecule has 3 aromatic rings. The highest BCUT2D eigenvalue weighted by Gasteiger charge is 2.18. The summed E-state index contributed by atoms with van der Waals surface area (Å²) in [5, 5.41) is 40.8. The predicted octanol–water partition coefficient (Wildman–Crippen LogP) is 2.48. The van der Waals surface area contributed by atoms with E-state index in [-0.39, 0.29) is 24.1 Å². The third-order valence-corrected chi connectivity index (χ3v) is 4.03. The van der Waals surface area contributed by atoms with E-state index in [0.717, 1.165) is 5.56 Å². The van der Waals surface area contributed by atoms with Crippen LogP contribution in [0.25, 0.3) is 11.4 Å². The summed E-state index contributed by atoms with van der Waals surface area (Å²) in [4.78, 5) is 19.1. The molecule has 1 atom stereocenters. The molecule has 0 bridgehead atoms. The Morgan fingerprint density at radius 2 is 1.96 bits per heavy atom. The molecule has 2 heterocycles. The maximum Gasteiger partial charge on any atom is 0.404 e. The molecule has 28 heavy (non-hydrogen) atoms. The lowest BCUT2D eigenvalue weighted by atomic mass is 10.1. The molecule has 2 aromatic heterocycles. The van der Waals surface area contributed by atoms with Crippen molar-refractivity contribution in [3.05, 3.63) is 48.5 Å². The maximum atomic E-state index is 10.6. The van der Waals surface area contributed by atoms with Crippen LogP contribution in [0.15, 0.2) is 42.7 Å². The third-order valence-electron chi connectivity index (χ3n) is 4.03. The van der Waals surface area contributed by atoms with Crippen molar-refractivity contribution in [1.82, 2.24) is 25.5 Å². The Bertz CT molecular complexity index is 931. The summed E-state index contributed by atoms with van der Waals surface area (Å²) in [7, 11) is 0. The van der Waals surface area contributed by atoms with E-state index in [1.807, 2.05) is 0 Å². The number of carboxylic acid groups (broad SMARTS) is 1. The van der Waals surface area contributed by atoms with Crippen LogP contribution in [0, 0.1) is 0 Å². The number of benzene rings is 1. The SMILES string of the molecule is O=C(O)NCCCC(Nc1ccc(O)cc1O)c1nc(-c2ccncc2)n[nH]1. The number of pyridine rings is 1. The topological polar surface area (TPSA) is 156 Å². The van der Waals surface area contributed by atoms with Gasteiger partial charge >= 0.3 is 6.09 Å². The number of nitrogens with zero attached hydrogens (tertiary/aromatic N) is 3. The lowest BCUT2D eigenvalue weighted by molar-refractivity contribution is 0.194. The largest absolute Gasteiger partial charge is 0.508 e. The van der Waals surface area contributed by atoms with Gasteiger partial charge in [-0.15, -0.1) is 0 Å². The Balaban J connectivity index is 1.79. The van der Waals surface area contributed by atoms with Crippen molar-refractivity contribution in [1.29, 1.82) is 0 Å². The molecule has 6 N–H and O–H groups in total. The molecule has 10 nitrogen and oxygen atoms in total. The molecular weight excluding hydrogens is 364 g/mol. The van der Waals surface area contributed by atoms with Crippen molar-refractivity contribution in [3.8, 4) is 22.9 Å². The van der Waals surface area contributed by atoms with E-state index in [1.54, 1.807) is 30.6 Å². The fourth-order valence-corrected chi connectivity index (χ4v) is 2.67. The van der Waals surface area contributed by atoms with Gasteiger partial charge in [-0.1, -0.05) is 0 Å². The molecule has 0 aliphatic carbocycles. The lowest BCUT2D eigenvalue weighted by Gasteiger charge is -2.18. The zero-order valence-electron chi connectivity index (χ0n) is 14.8. The number of rotatable bonds is 8. The molecular formula is C18H20N6O4. The number of carbonyl (C=O) groups is 1. The lowest BCUT2D eigenvalue weighted by Crippen LogP contribution is -2.23. The number of H-pyrrole nitrogens is 1. The molecule has 1 amide bonds. The van der Waals surface area contributed by atoms with Crippen LogP contribution >= 0.6 is 0 Å². The molecule has 0 saturated heterocycles. The quantitative estimate of drug-likeness (QED) is 0.196. The minimum Gasteiger partial charge on any atom is -0.508 e. The smallest absolute Gasteiger partial charge is 0.404 e. The summed E-state index contributed by atoms with van der Waals surface area (Å²) < 4.78 is 0. The normalized spacial score (nSPS) is 11.7. The van der Waals surface area contributed by atoms with Crippen molar-refractivity contribution in [2.45, 2.75) is 18.9 Å². The number of aromatic amines is 1. The van der Waals surface area contributed by atoms with Crippen molar-refractivity contribution in [2.24, 2.45) is 0 Å². The predicted molar refractivity (Wildman–Crippen MR) is 101 cm³/mol. The van der Waals surface area contributed by atoms with Gasteiger partial charge in [0.15, 0.2) is 5.82 Å². The summed E-state index contributed by atoms with van der Waals surface area (Å²) in [5.74, 6) is 0.879. The summed E-state index contributed by atoms with van der Waals surface area (Å²) in [6.07, 6.45) is 3.26. The van der Waals surface area contributed by atoms with Gasteiger partial charge in [-0.2, -0.15) is 5.10 Å². The molecule has 0 radical (unpaired) electrons. The first kappa shape index (κ1) is 19.0. The molecule has 146 valence electrons. The number of nitrogens with one attached hydrogen (secondary N) is 3. The highest BCUT2D eigenvalue weighted by molar-refractivity contribution is 5.64. The monoisotopic (exact) mass is 384 g/mol. The van der Waals surface area contributed by atoms with E-state index in [4.69, 9.17) is 5.11 Å². The van der Waals surface area contributed by atoms with Crippen LogP contribution in [-0.4, -0.2) is 48.1 Å². The zero-order chi connectivity index (χ0) is 19.9. The van der Waals surface area contributed by atoms with Gasteiger partial charge in [0.25, 0.3) is 0 Å². The number of amides is 1. The Labute approximate surface area is 160 Å². The van der Waals surface area contributed by atoms with Crippen LogP contribution in [0.1, 0.15) is 24.7 Å². The second-order valence-corrected chi connectivity index (χ2v) is 6.05. The van der Waals surface area contributed by atoms with Gasteiger partial charge < -0.3 is 26.0 Å². The molecule has 3 rings (SSSR count). The van der Waals surface area contributed by atoms with Crippen LogP contribution < -0.4 is 10.6 Å². The Morgan fingerprint density at radius 1 is 1.18 bits per heavy atom. The van der Waals surface area contributed by atoms with E-state index < -0.39 is 6.09 Å². The van der Waals surface area contributed by atoms with Crippen LogP contribution in [0.2, 0.25) is 0 Å². The third kappa shape index (κ3) is 4.87. The van der Waals surface area contributed by atoms with Crippen LogP contribution in [0.4, 0.5) is 10.5 Å². The minimum absolute atomic E-state index is 0.0510. The molecule has 0 aliphatic heterocycles. The van der Waals surface area contributed by atoms with Gasteiger partial charge in [-0.05, 0) is 37.1 Å². The number of aromatic hydroxyl groups is 2. The molecule has 1 aromatic carbocycles. The molecule has 0 fully saturated rings. The Kier molecular flexibility index (Phi) is 5.90. The van der Waals surface area contributed by atoms with Crippen molar-refractivity contribution < 1.29 is 20.1 Å². The zero-order valence-corrected chi connectivity index (χ0v) is 14.8. The Morgan fingerprint density at radius 3 is 2.68 bits per heavy atom. The average molecular weight is 384 g/mol. The molecule has 10 heteroatoms. The number of anilines is 1. The number of hydrogen-bond acceptors (Lipinski definition) is 7. The second-order valence-electron chi connectivity index (χ2n) is 6.05. The van der Waals surface area contributed by atoms with Gasteiger partial charge in [0.2, 0.25) is 0 Å². The van der Waals surface area contributed by atoms with E-state index in [9.17, 15) is 15.0 Å². The highest BCUT2D eigenvalue weighted by Crippen LogP contribution is 2.31. The van der Waals surface area contributed by atoms with Crippen molar-refractivity contribution in [3.63, 3.8) is 0 Å². The number of phenolic OH excluding ortho intramolecular Hbond substituents is 2. The summed E-state index contributed by atoms with van der Waals surface area (Å²) >= 11 is 0. The van der Waals surface area contributed by atoms with Crippen molar-refractivity contribution in [2.75, 3.05) is 11.9 Å². The van der Waals surface area contributed by atoms with Gasteiger partial charge in [0.05, 0.1) is 11.7 Å². The summed E-state index contributed by atoms with van der Waals surface area (Å²) in [6, 6.07) is 7.44. The van der Waals surface area contributed by atoms with Gasteiger partial charge in [0.1, 0.15) is 17.3 Å². The first-order valence-corrected chi connectivity index (χ1v) is 8.61. The van der Waals surface area contributed by atoms with Crippen molar-refractivity contribution >= 4 is 11.8 Å². The number of aromatic nitrogens is 4. The standard InChI is InChI=1S/C18H20N6O4/c25-12-3-4-13(15(26)10-12)21-14(2-1-7-20-18(27)28)17-22-16(23-24-17)11-5-8-19-9-6-11/h3-6,8-10,14,20-21,25-26H,1-2,7H2,(H,27,28)(H,22,23,24). The van der Waals surface area contributed by atoms with E-state index in [2.05, 4.69) is 30.8 Å². The van der Waals surface area contributed by atoms with Gasteiger partial charge in [0, 0.05) is 30.6 Å². The minimum atomic E-state index is -1.08. The van der Waals surface area contributed by atoms with Gasteiger partial charge in [-0.3, -0.25) is 10.1 Å².